The second kappa shape index (κ2) is 6.94. The number of ether oxygens (including phenoxy) is 1. The Hall–Kier alpha value is -1.51. The smallest absolute Gasteiger partial charge is 0.340 e. The Morgan fingerprint density at radius 1 is 1.29 bits per heavy atom. The number of aryl methyl sites for hydroxylation is 1. The number of carbonyl (C=O) groups is 1. The van der Waals surface area contributed by atoms with E-state index < -0.39 is 0 Å². The van der Waals surface area contributed by atoms with Gasteiger partial charge in [-0.1, -0.05) is 38.3 Å². The van der Waals surface area contributed by atoms with Gasteiger partial charge in [0, 0.05) is 5.69 Å². The van der Waals surface area contributed by atoms with Crippen molar-refractivity contribution in [2.24, 2.45) is 0 Å². The molecule has 17 heavy (non-hydrogen) atoms. The van der Waals surface area contributed by atoms with E-state index >= 15 is 0 Å². The van der Waals surface area contributed by atoms with Crippen LogP contribution in [-0.2, 0) is 4.74 Å². The number of hydrogen-bond acceptors (Lipinski definition) is 3. The molecule has 0 aliphatic carbocycles. The van der Waals surface area contributed by atoms with E-state index in [4.69, 9.17) is 10.5 Å². The lowest BCUT2D eigenvalue weighted by atomic mass is 10.1. The average Bonchev–Trinajstić information content (AvgIpc) is 2.32. The van der Waals surface area contributed by atoms with E-state index in [2.05, 4.69) is 6.92 Å². The molecule has 0 radical (unpaired) electrons. The summed E-state index contributed by atoms with van der Waals surface area (Å²) in [5.74, 6) is -0.317. The van der Waals surface area contributed by atoms with Crippen LogP contribution in [0.5, 0.6) is 0 Å². The minimum atomic E-state index is -0.317. The lowest BCUT2D eigenvalue weighted by Crippen LogP contribution is -2.10. The Bertz CT molecular complexity index is 374. The van der Waals surface area contributed by atoms with Gasteiger partial charge in [-0.2, -0.15) is 0 Å². The number of hydrogen-bond donors (Lipinski definition) is 1. The quantitative estimate of drug-likeness (QED) is 0.467. The van der Waals surface area contributed by atoms with Gasteiger partial charge in [0.1, 0.15) is 0 Å². The van der Waals surface area contributed by atoms with Crippen molar-refractivity contribution < 1.29 is 9.53 Å². The van der Waals surface area contributed by atoms with Gasteiger partial charge < -0.3 is 10.5 Å². The number of para-hydroxylation sites is 1. The van der Waals surface area contributed by atoms with Crippen LogP contribution in [0.2, 0.25) is 0 Å². The molecule has 0 unspecified atom stereocenters. The van der Waals surface area contributed by atoms with Crippen molar-refractivity contribution >= 4 is 11.7 Å². The van der Waals surface area contributed by atoms with Crippen LogP contribution in [0.4, 0.5) is 5.69 Å². The van der Waals surface area contributed by atoms with Crippen LogP contribution in [-0.4, -0.2) is 12.6 Å². The molecule has 1 aromatic carbocycles. The summed E-state index contributed by atoms with van der Waals surface area (Å²) in [6.07, 6.45) is 4.39. The molecule has 0 atom stereocenters. The Balaban J connectivity index is 2.44. The number of benzene rings is 1. The second-order valence-corrected chi connectivity index (χ2v) is 4.23. The molecule has 0 amide bonds. The molecule has 3 nitrogen and oxygen atoms in total. The van der Waals surface area contributed by atoms with Gasteiger partial charge >= 0.3 is 5.97 Å². The highest BCUT2D eigenvalue weighted by molar-refractivity contribution is 5.95. The van der Waals surface area contributed by atoms with E-state index in [9.17, 15) is 4.79 Å². The summed E-state index contributed by atoms with van der Waals surface area (Å²) in [6.45, 7) is 4.51. The maximum absolute atomic E-state index is 11.7. The van der Waals surface area contributed by atoms with E-state index in [0.717, 1.165) is 18.4 Å². The van der Waals surface area contributed by atoms with Gasteiger partial charge in [-0.25, -0.2) is 4.79 Å². The highest BCUT2D eigenvalue weighted by Crippen LogP contribution is 2.17. The number of nitrogens with two attached hydrogens (primary N) is 1. The SMILES string of the molecule is CCCCCCOC(=O)c1cccc(C)c1N. The van der Waals surface area contributed by atoms with E-state index in [1.165, 1.54) is 12.8 Å². The highest BCUT2D eigenvalue weighted by Gasteiger charge is 2.11. The molecule has 1 aromatic rings. The van der Waals surface area contributed by atoms with Crippen molar-refractivity contribution in [2.75, 3.05) is 12.3 Å². The summed E-state index contributed by atoms with van der Waals surface area (Å²) >= 11 is 0. The van der Waals surface area contributed by atoms with Crippen LogP contribution in [0.3, 0.4) is 0 Å². The molecule has 0 spiro atoms. The molecular weight excluding hydrogens is 214 g/mol. The summed E-state index contributed by atoms with van der Waals surface area (Å²) in [7, 11) is 0. The van der Waals surface area contributed by atoms with E-state index in [-0.39, 0.29) is 5.97 Å². The number of anilines is 1. The third kappa shape index (κ3) is 4.10. The summed E-state index contributed by atoms with van der Waals surface area (Å²) in [4.78, 5) is 11.7. The minimum absolute atomic E-state index is 0.317. The highest BCUT2D eigenvalue weighted by atomic mass is 16.5. The van der Waals surface area contributed by atoms with Crippen molar-refractivity contribution in [3.63, 3.8) is 0 Å². The topological polar surface area (TPSA) is 52.3 Å². The van der Waals surface area contributed by atoms with Crippen LogP contribution < -0.4 is 5.73 Å². The standard InChI is InChI=1S/C14H21NO2/c1-3-4-5-6-10-17-14(16)12-9-7-8-11(2)13(12)15/h7-9H,3-6,10,15H2,1-2H3. The first-order valence-electron chi connectivity index (χ1n) is 6.19. The third-order valence-electron chi connectivity index (χ3n) is 2.78. The molecule has 0 heterocycles. The van der Waals surface area contributed by atoms with Crippen LogP contribution >= 0.6 is 0 Å². The van der Waals surface area contributed by atoms with E-state index in [0.29, 0.717) is 17.9 Å². The molecule has 0 fully saturated rings. The first kappa shape index (κ1) is 13.6. The summed E-state index contributed by atoms with van der Waals surface area (Å²) in [6, 6.07) is 5.41. The Morgan fingerprint density at radius 2 is 2.06 bits per heavy atom. The van der Waals surface area contributed by atoms with Gasteiger partial charge in [0.05, 0.1) is 12.2 Å². The zero-order valence-corrected chi connectivity index (χ0v) is 10.7. The van der Waals surface area contributed by atoms with Crippen LogP contribution in [0.15, 0.2) is 18.2 Å². The first-order valence-corrected chi connectivity index (χ1v) is 6.19. The van der Waals surface area contributed by atoms with Crippen molar-refractivity contribution in [1.82, 2.24) is 0 Å². The van der Waals surface area contributed by atoms with E-state index in [1.807, 2.05) is 19.1 Å². The molecule has 1 rings (SSSR count). The molecule has 0 aliphatic rings. The molecule has 0 saturated carbocycles. The first-order chi connectivity index (χ1) is 8.16. The monoisotopic (exact) mass is 235 g/mol. The predicted molar refractivity (Wildman–Crippen MR) is 70.0 cm³/mol. The van der Waals surface area contributed by atoms with Gasteiger partial charge in [0.25, 0.3) is 0 Å². The largest absolute Gasteiger partial charge is 0.462 e. The molecule has 3 heteroatoms. The third-order valence-corrected chi connectivity index (χ3v) is 2.78. The van der Waals surface area contributed by atoms with Crippen molar-refractivity contribution in [3.8, 4) is 0 Å². The van der Waals surface area contributed by atoms with Gasteiger partial charge in [0.15, 0.2) is 0 Å². The fourth-order valence-electron chi connectivity index (χ4n) is 1.63. The number of carbonyl (C=O) groups excluding carboxylic acids is 1. The Kier molecular flexibility index (Phi) is 5.53. The number of rotatable bonds is 6. The lowest BCUT2D eigenvalue weighted by molar-refractivity contribution is 0.0499. The minimum Gasteiger partial charge on any atom is -0.462 e. The van der Waals surface area contributed by atoms with Crippen molar-refractivity contribution in [2.45, 2.75) is 39.5 Å². The Labute approximate surface area is 103 Å². The predicted octanol–water partition coefficient (Wildman–Crippen LogP) is 3.31. The average molecular weight is 235 g/mol. The zero-order chi connectivity index (χ0) is 12.7. The molecule has 94 valence electrons. The molecule has 0 bridgehead atoms. The van der Waals surface area contributed by atoms with Gasteiger partial charge in [-0.15, -0.1) is 0 Å². The van der Waals surface area contributed by atoms with Crippen LogP contribution in [0.1, 0.15) is 48.5 Å². The number of unbranched alkanes of at least 4 members (excludes halogenated alkanes) is 3. The molecule has 0 aromatic heterocycles. The second-order valence-electron chi connectivity index (χ2n) is 4.23. The molecular formula is C14H21NO2. The molecule has 2 N–H and O–H groups in total. The normalized spacial score (nSPS) is 10.2. The van der Waals surface area contributed by atoms with Gasteiger partial charge in [0.2, 0.25) is 0 Å². The summed E-state index contributed by atoms with van der Waals surface area (Å²) in [5, 5.41) is 0. The fourth-order valence-corrected chi connectivity index (χ4v) is 1.63. The van der Waals surface area contributed by atoms with Gasteiger partial charge in [-0.05, 0) is 25.0 Å². The number of esters is 1. The molecule has 0 saturated heterocycles. The van der Waals surface area contributed by atoms with Gasteiger partial charge in [-0.3, -0.25) is 0 Å². The maximum atomic E-state index is 11.7. The van der Waals surface area contributed by atoms with Crippen molar-refractivity contribution in [1.29, 1.82) is 0 Å². The Morgan fingerprint density at radius 3 is 2.76 bits per heavy atom. The number of nitrogen functional groups attached to an aromatic ring is 1. The fraction of sp³-hybridized carbons (Fsp3) is 0.500. The van der Waals surface area contributed by atoms with Crippen molar-refractivity contribution in [3.05, 3.63) is 29.3 Å². The van der Waals surface area contributed by atoms with Crippen LogP contribution in [0.25, 0.3) is 0 Å². The maximum Gasteiger partial charge on any atom is 0.340 e. The van der Waals surface area contributed by atoms with Crippen LogP contribution in [0, 0.1) is 6.92 Å². The summed E-state index contributed by atoms with van der Waals surface area (Å²) < 4.78 is 5.19. The lowest BCUT2D eigenvalue weighted by Gasteiger charge is -2.08. The van der Waals surface area contributed by atoms with E-state index in [1.54, 1.807) is 6.07 Å². The summed E-state index contributed by atoms with van der Waals surface area (Å²) in [5.41, 5.74) is 7.73. The molecule has 0 aliphatic heterocycles. The zero-order valence-electron chi connectivity index (χ0n) is 10.7.